The van der Waals surface area contributed by atoms with E-state index in [9.17, 15) is 22.8 Å². The first-order valence-corrected chi connectivity index (χ1v) is 8.28. The maximum Gasteiger partial charge on any atom is 0.276 e. The molecule has 1 saturated heterocycles. The molecule has 2 aliphatic rings. The minimum atomic E-state index is -3.05. The van der Waals surface area contributed by atoms with E-state index in [1.807, 2.05) is 0 Å². The molecule has 2 amide bonds. The molecule has 1 saturated carbocycles. The van der Waals surface area contributed by atoms with Crippen molar-refractivity contribution in [2.45, 2.75) is 44.2 Å². The van der Waals surface area contributed by atoms with Gasteiger partial charge in [-0.25, -0.2) is 13.2 Å². The Balaban J connectivity index is 1.62. The number of hydrogen-bond acceptors (Lipinski definition) is 4. The second-order valence-corrected chi connectivity index (χ2v) is 6.81. The highest BCUT2D eigenvalue weighted by atomic mass is 19.3. The molecule has 2 heterocycles. The first-order chi connectivity index (χ1) is 11.7. The number of amides is 2. The number of halogens is 3. The summed E-state index contributed by atoms with van der Waals surface area (Å²) in [6, 6.07) is 0. The highest BCUT2D eigenvalue weighted by Gasteiger charge is 2.51. The Labute approximate surface area is 142 Å². The molecule has 0 aromatic carbocycles. The van der Waals surface area contributed by atoms with Crippen LogP contribution in [0.3, 0.4) is 0 Å². The third-order valence-corrected chi connectivity index (χ3v) is 4.90. The Kier molecular flexibility index (Phi) is 4.51. The number of aryl methyl sites for hydroxylation is 1. The molecule has 1 aliphatic heterocycles. The van der Waals surface area contributed by atoms with Crippen LogP contribution in [0.1, 0.15) is 41.7 Å². The number of carbonyl (C=O) groups is 2. The van der Waals surface area contributed by atoms with Crippen molar-refractivity contribution in [1.82, 2.24) is 15.4 Å². The molecule has 0 spiro atoms. The van der Waals surface area contributed by atoms with Crippen LogP contribution in [0.25, 0.3) is 0 Å². The highest BCUT2D eigenvalue weighted by molar-refractivity contribution is 5.93. The minimum absolute atomic E-state index is 0.00913. The molecule has 9 heteroatoms. The van der Waals surface area contributed by atoms with E-state index in [-0.39, 0.29) is 44.6 Å². The largest absolute Gasteiger partial charge is 0.364 e. The maximum absolute atomic E-state index is 14.3. The Bertz CT molecular complexity index is 673. The Morgan fingerprint density at radius 3 is 2.64 bits per heavy atom. The molecule has 6 nitrogen and oxygen atoms in total. The minimum Gasteiger partial charge on any atom is -0.364 e. The first kappa shape index (κ1) is 17.8. The zero-order chi connectivity index (χ0) is 18.2. The highest BCUT2D eigenvalue weighted by Crippen LogP contribution is 2.40. The SMILES string of the molecule is Cc1conc1C(=O)N1CCC(CNC(=O)C2(F)CC2)C(F)(F)CC1. The number of alkyl halides is 3. The summed E-state index contributed by atoms with van der Waals surface area (Å²) in [6.45, 7) is 1.35. The van der Waals surface area contributed by atoms with E-state index in [4.69, 9.17) is 4.52 Å². The molecule has 138 valence electrons. The number of rotatable bonds is 4. The number of nitrogens with one attached hydrogen (secondary N) is 1. The quantitative estimate of drug-likeness (QED) is 0.893. The molecule has 1 atom stereocenters. The third kappa shape index (κ3) is 3.64. The van der Waals surface area contributed by atoms with Crippen LogP contribution in [0.2, 0.25) is 0 Å². The summed E-state index contributed by atoms with van der Waals surface area (Å²) in [5, 5.41) is 5.91. The molecule has 1 aromatic rings. The van der Waals surface area contributed by atoms with Gasteiger partial charge in [0.05, 0.1) is 0 Å². The van der Waals surface area contributed by atoms with Gasteiger partial charge in [-0.3, -0.25) is 9.59 Å². The van der Waals surface area contributed by atoms with E-state index in [0.717, 1.165) is 0 Å². The van der Waals surface area contributed by atoms with E-state index in [2.05, 4.69) is 10.5 Å². The van der Waals surface area contributed by atoms with Crippen LogP contribution in [0.5, 0.6) is 0 Å². The van der Waals surface area contributed by atoms with Crippen molar-refractivity contribution < 1.29 is 27.3 Å². The van der Waals surface area contributed by atoms with Crippen molar-refractivity contribution in [3.8, 4) is 0 Å². The summed E-state index contributed by atoms with van der Waals surface area (Å²) >= 11 is 0. The third-order valence-electron chi connectivity index (χ3n) is 4.90. The predicted molar refractivity (Wildman–Crippen MR) is 80.9 cm³/mol. The van der Waals surface area contributed by atoms with Crippen LogP contribution in [-0.2, 0) is 4.79 Å². The van der Waals surface area contributed by atoms with Gasteiger partial charge in [0.25, 0.3) is 17.7 Å². The molecule has 0 radical (unpaired) electrons. The first-order valence-electron chi connectivity index (χ1n) is 8.28. The van der Waals surface area contributed by atoms with Gasteiger partial charge in [0.2, 0.25) is 0 Å². The van der Waals surface area contributed by atoms with E-state index in [1.54, 1.807) is 6.92 Å². The molecule has 2 fully saturated rings. The number of aromatic nitrogens is 1. The van der Waals surface area contributed by atoms with Crippen LogP contribution in [0.15, 0.2) is 10.8 Å². The standard InChI is InChI=1S/C16H20F3N3O3/c1-10-9-25-21-12(10)13(23)22-6-2-11(16(18,19)5-7-22)8-20-14(24)15(17)3-4-15/h9,11H,2-8H2,1H3,(H,20,24). The van der Waals surface area contributed by atoms with Gasteiger partial charge >= 0.3 is 0 Å². The van der Waals surface area contributed by atoms with Gasteiger partial charge < -0.3 is 14.7 Å². The van der Waals surface area contributed by atoms with E-state index in [0.29, 0.717) is 5.56 Å². The molecule has 3 rings (SSSR count). The lowest BCUT2D eigenvalue weighted by molar-refractivity contribution is -0.128. The monoisotopic (exact) mass is 359 g/mol. The van der Waals surface area contributed by atoms with Crippen molar-refractivity contribution in [2.24, 2.45) is 5.92 Å². The predicted octanol–water partition coefficient (Wildman–Crippen LogP) is 2.09. The van der Waals surface area contributed by atoms with Gasteiger partial charge in [0.1, 0.15) is 6.26 Å². The van der Waals surface area contributed by atoms with Crippen molar-refractivity contribution in [1.29, 1.82) is 0 Å². The lowest BCUT2D eigenvalue weighted by Crippen LogP contribution is -2.42. The Morgan fingerprint density at radius 2 is 2.04 bits per heavy atom. The summed E-state index contributed by atoms with van der Waals surface area (Å²) in [5.41, 5.74) is -1.22. The van der Waals surface area contributed by atoms with E-state index < -0.39 is 35.7 Å². The summed E-state index contributed by atoms with van der Waals surface area (Å²) < 4.78 is 47.0. The Hall–Kier alpha value is -2.06. The Morgan fingerprint density at radius 1 is 1.32 bits per heavy atom. The number of hydrogen-bond donors (Lipinski definition) is 1. The van der Waals surface area contributed by atoms with Gasteiger partial charge in [0, 0.05) is 37.5 Å². The average molecular weight is 359 g/mol. The smallest absolute Gasteiger partial charge is 0.276 e. The summed E-state index contributed by atoms with van der Waals surface area (Å²) in [7, 11) is 0. The number of carbonyl (C=O) groups excluding carboxylic acids is 2. The van der Waals surface area contributed by atoms with Crippen molar-refractivity contribution in [2.75, 3.05) is 19.6 Å². The molecule has 1 unspecified atom stereocenters. The summed E-state index contributed by atoms with van der Waals surface area (Å²) in [5.74, 6) is -5.46. The topological polar surface area (TPSA) is 75.4 Å². The maximum atomic E-state index is 14.3. The molecular formula is C16H20F3N3O3. The molecular weight excluding hydrogens is 339 g/mol. The van der Waals surface area contributed by atoms with Crippen LogP contribution >= 0.6 is 0 Å². The summed E-state index contributed by atoms with van der Waals surface area (Å²) in [6.07, 6.45) is 1.09. The number of nitrogens with zero attached hydrogens (tertiary/aromatic N) is 2. The summed E-state index contributed by atoms with van der Waals surface area (Å²) in [4.78, 5) is 25.3. The average Bonchev–Trinajstić information content (AvgIpc) is 3.20. The second-order valence-electron chi connectivity index (χ2n) is 6.81. The van der Waals surface area contributed by atoms with Crippen LogP contribution in [0.4, 0.5) is 13.2 Å². The number of likely N-dealkylation sites (tertiary alicyclic amines) is 1. The molecule has 1 aliphatic carbocycles. The van der Waals surface area contributed by atoms with Crippen LogP contribution in [-0.4, -0.2) is 53.1 Å². The molecule has 0 bridgehead atoms. The zero-order valence-corrected chi connectivity index (χ0v) is 13.9. The van der Waals surface area contributed by atoms with Crippen molar-refractivity contribution >= 4 is 11.8 Å². The lowest BCUT2D eigenvalue weighted by atomic mass is 9.96. The second kappa shape index (κ2) is 6.34. The normalized spacial score (nSPS) is 24.5. The van der Waals surface area contributed by atoms with Gasteiger partial charge in [-0.2, -0.15) is 0 Å². The molecule has 1 aromatic heterocycles. The van der Waals surface area contributed by atoms with Crippen LogP contribution < -0.4 is 5.32 Å². The fourth-order valence-corrected chi connectivity index (χ4v) is 2.93. The van der Waals surface area contributed by atoms with Crippen molar-refractivity contribution in [3.63, 3.8) is 0 Å². The fraction of sp³-hybridized carbons (Fsp3) is 0.688. The zero-order valence-electron chi connectivity index (χ0n) is 13.9. The van der Waals surface area contributed by atoms with E-state index in [1.165, 1.54) is 11.2 Å². The van der Waals surface area contributed by atoms with Gasteiger partial charge in [0.15, 0.2) is 11.4 Å². The fourth-order valence-electron chi connectivity index (χ4n) is 2.93. The van der Waals surface area contributed by atoms with Gasteiger partial charge in [-0.15, -0.1) is 0 Å². The molecule has 25 heavy (non-hydrogen) atoms. The molecule has 1 N–H and O–H groups in total. The van der Waals surface area contributed by atoms with Crippen LogP contribution in [0, 0.1) is 12.8 Å². The lowest BCUT2D eigenvalue weighted by Gasteiger charge is -2.24. The van der Waals surface area contributed by atoms with Crippen molar-refractivity contribution in [3.05, 3.63) is 17.5 Å². The van der Waals surface area contributed by atoms with Gasteiger partial charge in [-0.1, -0.05) is 5.16 Å². The van der Waals surface area contributed by atoms with Gasteiger partial charge in [-0.05, 0) is 26.2 Å². The van der Waals surface area contributed by atoms with E-state index >= 15 is 0 Å².